The average Bonchev–Trinajstić information content (AvgIpc) is 3.52. The molecule has 0 radical (unpaired) electrons. The smallest absolute Gasteiger partial charge is 0.175 e. The predicted octanol–water partition coefficient (Wildman–Crippen LogP) is 6.71. The lowest BCUT2D eigenvalue weighted by molar-refractivity contribution is 0.258. The van der Waals surface area contributed by atoms with Gasteiger partial charge in [-0.25, -0.2) is 13.8 Å². The van der Waals surface area contributed by atoms with Crippen molar-refractivity contribution in [1.82, 2.24) is 9.97 Å². The van der Waals surface area contributed by atoms with E-state index in [-0.39, 0.29) is 5.56 Å². The van der Waals surface area contributed by atoms with Crippen molar-refractivity contribution >= 4 is 22.6 Å². The van der Waals surface area contributed by atoms with Crippen LogP contribution in [0.25, 0.3) is 11.0 Å². The predicted molar refractivity (Wildman–Crippen MR) is 114 cm³/mol. The van der Waals surface area contributed by atoms with Crippen LogP contribution in [0.4, 0.5) is 8.78 Å². The first-order chi connectivity index (χ1) is 14.6. The number of halogens is 3. The molecular weight excluding hydrogens is 406 g/mol. The standard InChI is InChI=1S/C24H25ClF2N2O/c25-24(15-5-6-15)30-17-9-7-14(8-10-17)18-4-2-1-3-16(18)11-23-28-21-12-19(26)20(27)13-22(21)29-23/h7-10,12-13,15-16,18,24H,1-6,11H2,(H,28,29). The molecule has 3 nitrogen and oxygen atoms in total. The number of rotatable bonds is 6. The monoisotopic (exact) mass is 430 g/mol. The van der Waals surface area contributed by atoms with Gasteiger partial charge in [0.2, 0.25) is 0 Å². The summed E-state index contributed by atoms with van der Waals surface area (Å²) in [5, 5.41) is 0. The molecule has 0 saturated heterocycles. The maximum absolute atomic E-state index is 13.5. The van der Waals surface area contributed by atoms with Gasteiger partial charge in [0.15, 0.2) is 17.2 Å². The van der Waals surface area contributed by atoms with E-state index in [0.29, 0.717) is 28.8 Å². The molecule has 6 heteroatoms. The van der Waals surface area contributed by atoms with Gasteiger partial charge < -0.3 is 9.72 Å². The maximum atomic E-state index is 13.5. The molecule has 2 aliphatic rings. The Labute approximate surface area is 179 Å². The van der Waals surface area contributed by atoms with Crippen molar-refractivity contribution in [3.05, 3.63) is 59.4 Å². The summed E-state index contributed by atoms with van der Waals surface area (Å²) in [5.74, 6) is 1.26. The quantitative estimate of drug-likeness (QED) is 0.441. The summed E-state index contributed by atoms with van der Waals surface area (Å²) in [6.45, 7) is 0. The van der Waals surface area contributed by atoms with E-state index in [0.717, 1.165) is 49.7 Å². The first-order valence-corrected chi connectivity index (χ1v) is 11.2. The third-order valence-corrected chi connectivity index (χ3v) is 6.93. The van der Waals surface area contributed by atoms with Gasteiger partial charge in [-0.3, -0.25) is 0 Å². The highest BCUT2D eigenvalue weighted by atomic mass is 35.5. The number of benzene rings is 2. The summed E-state index contributed by atoms with van der Waals surface area (Å²) in [4.78, 5) is 7.69. The Hall–Kier alpha value is -2.14. The highest BCUT2D eigenvalue weighted by molar-refractivity contribution is 6.20. The fourth-order valence-electron chi connectivity index (χ4n) is 4.67. The Morgan fingerprint density at radius 1 is 1.03 bits per heavy atom. The highest BCUT2D eigenvalue weighted by Crippen LogP contribution is 2.41. The zero-order valence-electron chi connectivity index (χ0n) is 16.7. The molecule has 0 spiro atoms. The van der Waals surface area contributed by atoms with Crippen LogP contribution in [0.5, 0.6) is 5.75 Å². The zero-order valence-corrected chi connectivity index (χ0v) is 17.5. The van der Waals surface area contributed by atoms with E-state index in [2.05, 4.69) is 22.1 Å². The van der Waals surface area contributed by atoms with Gasteiger partial charge in [0, 0.05) is 24.5 Å². The summed E-state index contributed by atoms with van der Waals surface area (Å²) in [5.41, 5.74) is 2.09. The van der Waals surface area contributed by atoms with Crippen LogP contribution >= 0.6 is 11.6 Å². The van der Waals surface area contributed by atoms with Gasteiger partial charge in [0.05, 0.1) is 11.0 Å². The molecule has 1 heterocycles. The van der Waals surface area contributed by atoms with Crippen LogP contribution in [0.3, 0.4) is 0 Å². The maximum Gasteiger partial charge on any atom is 0.175 e. The third kappa shape index (κ3) is 4.18. The molecule has 5 rings (SSSR count). The number of imidazole rings is 1. The zero-order chi connectivity index (χ0) is 20.7. The number of nitrogens with one attached hydrogen (secondary N) is 1. The van der Waals surface area contributed by atoms with Gasteiger partial charge in [0.1, 0.15) is 11.6 Å². The third-order valence-electron chi connectivity index (χ3n) is 6.49. The summed E-state index contributed by atoms with van der Waals surface area (Å²) >= 11 is 6.29. The molecular formula is C24H25ClF2N2O. The molecule has 0 aliphatic heterocycles. The average molecular weight is 431 g/mol. The Balaban J connectivity index is 1.31. The fraction of sp³-hybridized carbons (Fsp3) is 0.458. The van der Waals surface area contributed by atoms with E-state index in [1.165, 1.54) is 24.5 Å². The van der Waals surface area contributed by atoms with E-state index in [9.17, 15) is 8.78 Å². The number of aromatic nitrogens is 2. The molecule has 0 amide bonds. The topological polar surface area (TPSA) is 37.9 Å². The number of fused-ring (bicyclic) bond motifs is 1. The molecule has 30 heavy (non-hydrogen) atoms. The summed E-state index contributed by atoms with van der Waals surface area (Å²) in [7, 11) is 0. The van der Waals surface area contributed by atoms with Crippen molar-refractivity contribution in [1.29, 1.82) is 0 Å². The van der Waals surface area contributed by atoms with E-state index in [4.69, 9.17) is 16.3 Å². The number of ether oxygens (including phenoxy) is 1. The minimum atomic E-state index is -0.862. The number of nitrogens with zero attached hydrogens (tertiary/aromatic N) is 1. The van der Waals surface area contributed by atoms with Gasteiger partial charge in [-0.15, -0.1) is 0 Å². The van der Waals surface area contributed by atoms with Crippen LogP contribution < -0.4 is 4.74 Å². The normalized spacial score (nSPS) is 22.9. The van der Waals surface area contributed by atoms with Gasteiger partial charge in [-0.2, -0.15) is 0 Å². The number of H-pyrrole nitrogens is 1. The Morgan fingerprint density at radius 3 is 2.53 bits per heavy atom. The van der Waals surface area contributed by atoms with Crippen LogP contribution in [-0.2, 0) is 6.42 Å². The van der Waals surface area contributed by atoms with Gasteiger partial charge >= 0.3 is 0 Å². The Morgan fingerprint density at radius 2 is 1.77 bits per heavy atom. The highest BCUT2D eigenvalue weighted by Gasteiger charge is 2.31. The van der Waals surface area contributed by atoms with Crippen LogP contribution in [-0.4, -0.2) is 15.5 Å². The van der Waals surface area contributed by atoms with Crippen molar-refractivity contribution in [3.63, 3.8) is 0 Å². The minimum absolute atomic E-state index is 0.235. The van der Waals surface area contributed by atoms with E-state index in [1.807, 2.05) is 12.1 Å². The van der Waals surface area contributed by atoms with E-state index >= 15 is 0 Å². The minimum Gasteiger partial charge on any atom is -0.474 e. The van der Waals surface area contributed by atoms with Gasteiger partial charge in [-0.05, 0) is 55.2 Å². The SMILES string of the molecule is Fc1cc2nc(CC3CCCCC3c3ccc(OC(Cl)C4CC4)cc3)[nH]c2cc1F. The molecule has 2 fully saturated rings. The molecule has 3 atom stereocenters. The molecule has 3 unspecified atom stereocenters. The van der Waals surface area contributed by atoms with Gasteiger partial charge in [-0.1, -0.05) is 36.6 Å². The molecule has 2 aliphatic carbocycles. The number of hydrogen-bond acceptors (Lipinski definition) is 2. The Bertz CT molecular complexity index is 993. The van der Waals surface area contributed by atoms with Crippen molar-refractivity contribution in [2.45, 2.75) is 56.4 Å². The second-order valence-corrected chi connectivity index (χ2v) is 9.13. The lowest BCUT2D eigenvalue weighted by atomic mass is 9.74. The van der Waals surface area contributed by atoms with Crippen LogP contribution in [0.15, 0.2) is 36.4 Å². The second kappa shape index (κ2) is 8.18. The molecule has 0 bridgehead atoms. The molecule has 2 saturated carbocycles. The summed E-state index contributed by atoms with van der Waals surface area (Å²) in [6.07, 6.45) is 7.73. The van der Waals surface area contributed by atoms with Crippen LogP contribution in [0.2, 0.25) is 0 Å². The largest absolute Gasteiger partial charge is 0.474 e. The second-order valence-electron chi connectivity index (χ2n) is 8.70. The molecule has 3 aromatic rings. The molecule has 1 N–H and O–H groups in total. The first-order valence-electron chi connectivity index (χ1n) is 10.8. The molecule has 158 valence electrons. The number of alkyl halides is 1. The Kier molecular flexibility index (Phi) is 5.40. The number of hydrogen-bond donors (Lipinski definition) is 1. The lowest BCUT2D eigenvalue weighted by Crippen LogP contribution is -2.20. The van der Waals surface area contributed by atoms with Crippen LogP contribution in [0.1, 0.15) is 55.8 Å². The van der Waals surface area contributed by atoms with Crippen molar-refractivity contribution in [3.8, 4) is 5.75 Å². The van der Waals surface area contributed by atoms with Crippen LogP contribution in [0, 0.1) is 23.5 Å². The van der Waals surface area contributed by atoms with E-state index in [1.54, 1.807) is 0 Å². The fourth-order valence-corrected chi connectivity index (χ4v) is 5.03. The molecule has 2 aromatic carbocycles. The van der Waals surface area contributed by atoms with Crippen molar-refractivity contribution < 1.29 is 13.5 Å². The van der Waals surface area contributed by atoms with E-state index < -0.39 is 11.6 Å². The van der Waals surface area contributed by atoms with Crippen molar-refractivity contribution in [2.75, 3.05) is 0 Å². The summed E-state index contributed by atoms with van der Waals surface area (Å²) < 4.78 is 32.9. The van der Waals surface area contributed by atoms with Gasteiger partial charge in [0.25, 0.3) is 0 Å². The lowest BCUT2D eigenvalue weighted by Gasteiger charge is -2.31. The van der Waals surface area contributed by atoms with Crippen molar-refractivity contribution in [2.24, 2.45) is 11.8 Å². The number of aromatic amines is 1. The summed E-state index contributed by atoms with van der Waals surface area (Å²) in [6, 6.07) is 10.7. The first kappa shape index (κ1) is 19.8. The molecule has 1 aromatic heterocycles.